The number of nitrogens with one attached hydrogen (secondary N) is 2. The number of amidine groups is 1. The molecule has 1 fully saturated rings. The highest BCUT2D eigenvalue weighted by molar-refractivity contribution is 6.15. The minimum Gasteiger partial charge on any atom is -0.490 e. The molecule has 0 unspecified atom stereocenters. The van der Waals surface area contributed by atoms with E-state index in [0.717, 1.165) is 0 Å². The molecule has 2 rings (SSSR count). The van der Waals surface area contributed by atoms with Gasteiger partial charge >= 0.3 is 0 Å². The van der Waals surface area contributed by atoms with Gasteiger partial charge in [-0.3, -0.25) is 15.6 Å². The van der Waals surface area contributed by atoms with Gasteiger partial charge in [-0.05, 0) is 26.0 Å². The first-order valence-electron chi connectivity index (χ1n) is 9.15. The van der Waals surface area contributed by atoms with Crippen molar-refractivity contribution in [1.82, 2.24) is 9.80 Å². The third-order valence-electron chi connectivity index (χ3n) is 4.34. The van der Waals surface area contributed by atoms with E-state index in [0.29, 0.717) is 43.2 Å². The average molecular weight is 384 g/mol. The van der Waals surface area contributed by atoms with Crippen molar-refractivity contribution >= 4 is 17.5 Å². The van der Waals surface area contributed by atoms with Crippen LogP contribution in [0.5, 0.6) is 0 Å². The summed E-state index contributed by atoms with van der Waals surface area (Å²) in [6, 6.07) is 0. The molecule has 0 aromatic heterocycles. The van der Waals surface area contributed by atoms with Crippen molar-refractivity contribution in [3.63, 3.8) is 0 Å². The van der Waals surface area contributed by atoms with Crippen LogP contribution in [0, 0.1) is 10.8 Å². The van der Waals surface area contributed by atoms with Gasteiger partial charge in [-0.2, -0.15) is 0 Å². The molecule has 0 radical (unpaired) electrons. The lowest BCUT2D eigenvalue weighted by atomic mass is 10.1. The van der Waals surface area contributed by atoms with Crippen LogP contribution >= 0.6 is 0 Å². The molecule has 0 aromatic rings. The van der Waals surface area contributed by atoms with Gasteiger partial charge in [-0.15, -0.1) is 5.73 Å². The van der Waals surface area contributed by atoms with Crippen LogP contribution in [0.25, 0.3) is 0 Å². The molecule has 0 spiro atoms. The van der Waals surface area contributed by atoms with Gasteiger partial charge in [0.1, 0.15) is 11.6 Å². The van der Waals surface area contributed by atoms with Crippen LogP contribution in [-0.2, 0) is 9.53 Å². The lowest BCUT2D eigenvalue weighted by Gasteiger charge is -2.35. The van der Waals surface area contributed by atoms with Crippen LogP contribution in [-0.4, -0.2) is 59.5 Å². The van der Waals surface area contributed by atoms with Gasteiger partial charge in [0, 0.05) is 51.0 Å². The van der Waals surface area contributed by atoms with Gasteiger partial charge in [-0.25, -0.2) is 0 Å². The van der Waals surface area contributed by atoms with Crippen LogP contribution in [0.1, 0.15) is 20.8 Å². The van der Waals surface area contributed by atoms with Crippen LogP contribution in [0.3, 0.4) is 0 Å². The van der Waals surface area contributed by atoms with E-state index >= 15 is 0 Å². The largest absolute Gasteiger partial charge is 0.490 e. The number of carbonyl (C=O) groups excluding carboxylic acids is 1. The van der Waals surface area contributed by atoms with Crippen LogP contribution < -0.4 is 11.5 Å². The molecule has 6 N–H and O–H groups in total. The zero-order chi connectivity index (χ0) is 20.8. The molecule has 8 heteroatoms. The summed E-state index contributed by atoms with van der Waals surface area (Å²) in [5.41, 5.74) is 15.9. The third-order valence-corrected chi connectivity index (χ3v) is 4.34. The van der Waals surface area contributed by atoms with Gasteiger partial charge in [0.25, 0.3) is 0 Å². The van der Waals surface area contributed by atoms with E-state index in [4.69, 9.17) is 27.0 Å². The van der Waals surface area contributed by atoms with Gasteiger partial charge in [0.15, 0.2) is 0 Å². The molecule has 1 saturated heterocycles. The summed E-state index contributed by atoms with van der Waals surface area (Å²) in [5, 5.41) is 16.6. The predicted molar refractivity (Wildman–Crippen MR) is 110 cm³/mol. The number of hydrogen-bond acceptors (Lipinski definition) is 6. The van der Waals surface area contributed by atoms with E-state index in [1.165, 1.54) is 6.08 Å². The molecule has 150 valence electrons. The quantitative estimate of drug-likeness (QED) is 0.321. The maximum absolute atomic E-state index is 11.4. The number of nitrogens with two attached hydrogens (primary N) is 2. The summed E-state index contributed by atoms with van der Waals surface area (Å²) in [4.78, 5) is 15.0. The zero-order valence-corrected chi connectivity index (χ0v) is 16.6. The number of carbonyl (C=O) groups is 1. The molecule has 8 nitrogen and oxygen atoms in total. The molecule has 2 aliphatic rings. The van der Waals surface area contributed by atoms with Gasteiger partial charge in [0.05, 0.1) is 23.1 Å². The lowest BCUT2D eigenvalue weighted by molar-refractivity contribution is -0.130. The van der Waals surface area contributed by atoms with Crippen LogP contribution in [0.15, 0.2) is 52.8 Å². The molecular formula is C20H28N6O2. The summed E-state index contributed by atoms with van der Waals surface area (Å²) in [6.45, 7) is 7.62. The van der Waals surface area contributed by atoms with Crippen molar-refractivity contribution in [3.05, 3.63) is 52.8 Å². The Labute approximate surface area is 165 Å². The Kier molecular flexibility index (Phi) is 6.84. The SMILES string of the molecule is CC(=O)N1CCN(C(=N)/C=C(\N)C(=N)C2=C=CC(OC(C)C)=CC=C2N)CC1. The minimum absolute atomic E-state index is 0.00341. The highest BCUT2D eigenvalue weighted by Crippen LogP contribution is 2.15. The molecule has 0 bridgehead atoms. The Hall–Kier alpha value is -3.25. The first kappa shape index (κ1) is 21.1. The summed E-state index contributed by atoms with van der Waals surface area (Å²) in [6.07, 6.45) is 6.45. The second kappa shape index (κ2) is 9.10. The monoisotopic (exact) mass is 384 g/mol. The zero-order valence-electron chi connectivity index (χ0n) is 16.6. The molecule has 28 heavy (non-hydrogen) atoms. The number of nitrogens with zero attached hydrogens (tertiary/aromatic N) is 2. The maximum Gasteiger partial charge on any atom is 0.219 e. The molecule has 0 atom stereocenters. The fraction of sp³-hybridized carbons (Fsp3) is 0.400. The molecule has 0 saturated carbocycles. The Bertz CT molecular complexity index is 820. The van der Waals surface area contributed by atoms with Gasteiger partial charge in [-0.1, -0.05) is 0 Å². The smallest absolute Gasteiger partial charge is 0.219 e. The minimum atomic E-state index is -0.00341. The fourth-order valence-corrected chi connectivity index (χ4v) is 2.81. The number of allylic oxidation sites excluding steroid dienone is 5. The fourth-order valence-electron chi connectivity index (χ4n) is 2.81. The normalized spacial score (nSPS) is 17.6. The van der Waals surface area contributed by atoms with E-state index in [1.807, 2.05) is 18.7 Å². The first-order chi connectivity index (χ1) is 13.2. The van der Waals surface area contributed by atoms with Crippen LogP contribution in [0.4, 0.5) is 0 Å². The number of rotatable bonds is 5. The van der Waals surface area contributed by atoms with E-state index in [9.17, 15) is 4.79 Å². The van der Waals surface area contributed by atoms with Crippen LogP contribution in [0.2, 0.25) is 0 Å². The van der Waals surface area contributed by atoms with E-state index < -0.39 is 0 Å². The molecule has 0 aromatic carbocycles. The summed E-state index contributed by atoms with van der Waals surface area (Å²) < 4.78 is 5.62. The summed E-state index contributed by atoms with van der Waals surface area (Å²) in [5.74, 6) is 0.833. The van der Waals surface area contributed by atoms with Crippen molar-refractivity contribution in [1.29, 1.82) is 10.8 Å². The third kappa shape index (κ3) is 5.37. The lowest BCUT2D eigenvalue weighted by Crippen LogP contribution is -2.49. The Morgan fingerprint density at radius 3 is 2.39 bits per heavy atom. The molecule has 1 aliphatic carbocycles. The highest BCUT2D eigenvalue weighted by atomic mass is 16.5. The second-order valence-corrected chi connectivity index (χ2v) is 6.87. The molecular weight excluding hydrogens is 356 g/mol. The Balaban J connectivity index is 2.10. The molecule has 1 amide bonds. The van der Waals surface area contributed by atoms with Gasteiger partial charge < -0.3 is 26.0 Å². The maximum atomic E-state index is 11.4. The molecule has 1 heterocycles. The van der Waals surface area contributed by atoms with Crippen molar-refractivity contribution < 1.29 is 9.53 Å². The van der Waals surface area contributed by atoms with Crippen molar-refractivity contribution in [2.45, 2.75) is 26.9 Å². The predicted octanol–water partition coefficient (Wildman–Crippen LogP) is 1.24. The Morgan fingerprint density at radius 1 is 1.21 bits per heavy atom. The van der Waals surface area contributed by atoms with E-state index in [-0.39, 0.29) is 29.3 Å². The highest BCUT2D eigenvalue weighted by Gasteiger charge is 2.20. The summed E-state index contributed by atoms with van der Waals surface area (Å²) >= 11 is 0. The first-order valence-corrected chi connectivity index (χ1v) is 9.15. The van der Waals surface area contributed by atoms with Crippen molar-refractivity contribution in [2.75, 3.05) is 26.2 Å². The van der Waals surface area contributed by atoms with E-state index in [1.54, 1.807) is 30.1 Å². The Morgan fingerprint density at radius 2 is 1.82 bits per heavy atom. The number of ether oxygens (including phenoxy) is 1. The van der Waals surface area contributed by atoms with Gasteiger partial charge in [0.2, 0.25) is 5.91 Å². The average Bonchev–Trinajstić information content (AvgIpc) is 2.82. The molecule has 1 aliphatic heterocycles. The summed E-state index contributed by atoms with van der Waals surface area (Å²) in [7, 11) is 0. The topological polar surface area (TPSA) is 133 Å². The number of piperazine rings is 1. The second-order valence-electron chi connectivity index (χ2n) is 6.87. The number of amides is 1. The standard InChI is InChI=1S/C20H28N6O2/c1-13(2)28-15-4-6-16(17(21)7-5-15)20(24)18(22)12-19(23)26-10-8-25(9-11-26)14(3)27/h4-5,7,12-13,23-24H,8-11,21-22H2,1-3H3/b18-12-,23-19?,24-20?. The van der Waals surface area contributed by atoms with Crippen molar-refractivity contribution in [3.8, 4) is 0 Å². The van der Waals surface area contributed by atoms with Crippen molar-refractivity contribution in [2.24, 2.45) is 11.5 Å². The van der Waals surface area contributed by atoms with E-state index in [2.05, 4.69) is 5.73 Å². The number of hydrogen-bond donors (Lipinski definition) is 4.